The first kappa shape index (κ1) is 25.2. The highest BCUT2D eigenvalue weighted by molar-refractivity contribution is 6.30. The van der Waals surface area contributed by atoms with E-state index in [0.717, 1.165) is 50.1 Å². The van der Waals surface area contributed by atoms with E-state index < -0.39 is 0 Å². The quantitative estimate of drug-likeness (QED) is 0.391. The molecule has 186 valence electrons. The van der Waals surface area contributed by atoms with Gasteiger partial charge in [0, 0.05) is 23.0 Å². The first-order valence-electron chi connectivity index (χ1n) is 12.3. The Morgan fingerprint density at radius 3 is 2.71 bits per heavy atom. The number of nitrogens with zero attached hydrogens (tertiary/aromatic N) is 3. The Labute approximate surface area is 211 Å². The van der Waals surface area contributed by atoms with E-state index in [2.05, 4.69) is 32.5 Å². The van der Waals surface area contributed by atoms with Crippen LogP contribution in [-0.4, -0.2) is 46.7 Å². The molecule has 2 aromatic carbocycles. The summed E-state index contributed by atoms with van der Waals surface area (Å²) < 4.78 is 11.2. The number of hydrogen-bond donors (Lipinski definition) is 1. The van der Waals surface area contributed by atoms with E-state index in [4.69, 9.17) is 20.9 Å². The summed E-state index contributed by atoms with van der Waals surface area (Å²) in [5.74, 6) is 2.26. The van der Waals surface area contributed by atoms with Crippen molar-refractivity contribution in [1.29, 1.82) is 0 Å². The third kappa shape index (κ3) is 7.54. The predicted octanol–water partition coefficient (Wildman–Crippen LogP) is 5.14. The molecule has 1 N–H and O–H groups in total. The van der Waals surface area contributed by atoms with Gasteiger partial charge < -0.3 is 14.6 Å². The number of ether oxygens (including phenoxy) is 1. The van der Waals surface area contributed by atoms with Gasteiger partial charge in [-0.15, -0.1) is 0 Å². The molecule has 1 amide bonds. The van der Waals surface area contributed by atoms with E-state index in [9.17, 15) is 4.79 Å². The van der Waals surface area contributed by atoms with Crippen LogP contribution in [0.25, 0.3) is 11.4 Å². The van der Waals surface area contributed by atoms with Gasteiger partial charge in [0.05, 0.1) is 12.6 Å². The maximum Gasteiger partial charge on any atom is 0.241 e. The summed E-state index contributed by atoms with van der Waals surface area (Å²) in [6.45, 7) is 6.99. The average molecular weight is 497 g/mol. The van der Waals surface area contributed by atoms with Crippen LogP contribution in [0.15, 0.2) is 53.1 Å². The van der Waals surface area contributed by atoms with E-state index in [0.29, 0.717) is 29.8 Å². The summed E-state index contributed by atoms with van der Waals surface area (Å²) in [6.07, 6.45) is 3.64. The predicted molar refractivity (Wildman–Crippen MR) is 136 cm³/mol. The Kier molecular flexibility index (Phi) is 8.77. The van der Waals surface area contributed by atoms with E-state index in [-0.39, 0.29) is 17.9 Å². The molecule has 1 aromatic heterocycles. The molecule has 1 aliphatic heterocycles. The summed E-state index contributed by atoms with van der Waals surface area (Å²) in [7, 11) is 0. The zero-order chi connectivity index (χ0) is 24.6. The maximum absolute atomic E-state index is 12.6. The lowest BCUT2D eigenvalue weighted by Gasteiger charge is -2.30. The van der Waals surface area contributed by atoms with Crippen LogP contribution in [0.2, 0.25) is 5.02 Å². The van der Waals surface area contributed by atoms with Crippen LogP contribution in [0.5, 0.6) is 5.75 Å². The first-order chi connectivity index (χ1) is 17.0. The summed E-state index contributed by atoms with van der Waals surface area (Å²) in [5.41, 5.74) is 2.10. The fourth-order valence-corrected chi connectivity index (χ4v) is 4.40. The van der Waals surface area contributed by atoms with E-state index in [1.54, 1.807) is 0 Å². The molecule has 0 atom stereocenters. The molecule has 4 rings (SSSR count). The zero-order valence-electron chi connectivity index (χ0n) is 20.4. The number of amides is 1. The summed E-state index contributed by atoms with van der Waals surface area (Å²) in [5, 5.41) is 7.87. The Morgan fingerprint density at radius 1 is 1.20 bits per heavy atom. The van der Waals surface area contributed by atoms with Gasteiger partial charge in [0.1, 0.15) is 5.75 Å². The standard InChI is InChI=1S/C27H33ClN4O3/c1-19(2)34-24-7-3-5-20(17-24)6-4-14-29-27(33)22-12-15-32(16-13-22)18-25-30-26(31-35-25)21-8-10-23(28)11-9-21/h3,5,7-11,17,19,22H,4,6,12-16,18H2,1-2H3,(H,29,33). The van der Waals surface area contributed by atoms with Gasteiger partial charge in [0.25, 0.3) is 0 Å². The molecule has 0 bridgehead atoms. The third-order valence-corrected chi connectivity index (χ3v) is 6.35. The van der Waals surface area contributed by atoms with Gasteiger partial charge in [-0.25, -0.2) is 0 Å². The number of halogens is 1. The van der Waals surface area contributed by atoms with Gasteiger partial charge in [-0.2, -0.15) is 4.98 Å². The molecule has 35 heavy (non-hydrogen) atoms. The number of aryl methyl sites for hydroxylation is 1. The number of hydrogen-bond acceptors (Lipinski definition) is 6. The number of nitrogens with one attached hydrogen (secondary N) is 1. The monoisotopic (exact) mass is 496 g/mol. The van der Waals surface area contributed by atoms with Gasteiger partial charge in [-0.3, -0.25) is 9.69 Å². The highest BCUT2D eigenvalue weighted by Gasteiger charge is 2.25. The van der Waals surface area contributed by atoms with Crippen LogP contribution in [-0.2, 0) is 17.8 Å². The summed E-state index contributed by atoms with van der Waals surface area (Å²) >= 11 is 5.94. The highest BCUT2D eigenvalue weighted by atomic mass is 35.5. The van der Waals surface area contributed by atoms with Gasteiger partial charge in [0.2, 0.25) is 17.6 Å². The molecule has 2 heterocycles. The second kappa shape index (κ2) is 12.2. The SMILES string of the molecule is CC(C)Oc1cccc(CCCNC(=O)C2CCN(Cc3nc(-c4ccc(Cl)cc4)no3)CC2)c1. The number of piperidine rings is 1. The molecular weight excluding hydrogens is 464 g/mol. The lowest BCUT2D eigenvalue weighted by atomic mass is 9.96. The molecule has 1 fully saturated rings. The van der Waals surface area contributed by atoms with Crippen LogP contribution in [0, 0.1) is 5.92 Å². The second-order valence-electron chi connectivity index (χ2n) is 9.28. The topological polar surface area (TPSA) is 80.5 Å². The minimum Gasteiger partial charge on any atom is -0.491 e. The van der Waals surface area contributed by atoms with Gasteiger partial charge >= 0.3 is 0 Å². The average Bonchev–Trinajstić information content (AvgIpc) is 3.31. The Balaban J connectivity index is 1.15. The van der Waals surface area contributed by atoms with Crippen LogP contribution in [0.3, 0.4) is 0 Å². The lowest BCUT2D eigenvalue weighted by molar-refractivity contribution is -0.126. The zero-order valence-corrected chi connectivity index (χ0v) is 21.1. The molecule has 1 aliphatic rings. The fraction of sp³-hybridized carbons (Fsp3) is 0.444. The van der Waals surface area contributed by atoms with Gasteiger partial charge in [0.15, 0.2) is 0 Å². The lowest BCUT2D eigenvalue weighted by Crippen LogP contribution is -2.40. The second-order valence-corrected chi connectivity index (χ2v) is 9.71. The number of carbonyl (C=O) groups excluding carboxylic acids is 1. The van der Waals surface area contributed by atoms with Crippen LogP contribution in [0.1, 0.15) is 44.6 Å². The van der Waals surface area contributed by atoms with Crippen molar-refractivity contribution in [1.82, 2.24) is 20.4 Å². The molecule has 0 aliphatic carbocycles. The number of benzene rings is 2. The number of carbonyl (C=O) groups is 1. The van der Waals surface area contributed by atoms with Crippen molar-refractivity contribution in [2.24, 2.45) is 5.92 Å². The molecular formula is C27H33ClN4O3. The van der Waals surface area contributed by atoms with Crippen LogP contribution in [0.4, 0.5) is 0 Å². The molecule has 3 aromatic rings. The first-order valence-corrected chi connectivity index (χ1v) is 12.7. The van der Waals surface area contributed by atoms with E-state index >= 15 is 0 Å². The van der Waals surface area contributed by atoms with Crippen LogP contribution < -0.4 is 10.1 Å². The van der Waals surface area contributed by atoms with Crippen molar-refractivity contribution in [3.63, 3.8) is 0 Å². The van der Waals surface area contributed by atoms with E-state index in [1.807, 2.05) is 50.2 Å². The molecule has 1 saturated heterocycles. The summed E-state index contributed by atoms with van der Waals surface area (Å²) in [4.78, 5) is 19.4. The van der Waals surface area contributed by atoms with Crippen molar-refractivity contribution in [2.45, 2.75) is 52.2 Å². The molecule has 0 saturated carbocycles. The minimum absolute atomic E-state index is 0.0568. The molecule has 7 nitrogen and oxygen atoms in total. The Morgan fingerprint density at radius 2 is 1.97 bits per heavy atom. The van der Waals surface area contributed by atoms with Crippen LogP contribution >= 0.6 is 11.6 Å². The largest absolute Gasteiger partial charge is 0.491 e. The summed E-state index contributed by atoms with van der Waals surface area (Å²) in [6, 6.07) is 15.6. The normalized spacial score (nSPS) is 14.9. The van der Waals surface area contributed by atoms with Crippen molar-refractivity contribution in [3.8, 4) is 17.1 Å². The number of rotatable bonds is 10. The minimum atomic E-state index is 0.0568. The highest BCUT2D eigenvalue weighted by Crippen LogP contribution is 2.22. The van der Waals surface area contributed by atoms with Gasteiger partial charge in [-0.1, -0.05) is 28.9 Å². The van der Waals surface area contributed by atoms with Crippen molar-refractivity contribution >= 4 is 17.5 Å². The molecule has 8 heteroatoms. The van der Waals surface area contributed by atoms with Crippen molar-refractivity contribution in [3.05, 3.63) is 65.0 Å². The molecule has 0 spiro atoms. The van der Waals surface area contributed by atoms with Crippen molar-refractivity contribution < 1.29 is 14.1 Å². The van der Waals surface area contributed by atoms with Gasteiger partial charge in [-0.05, 0) is 94.6 Å². The Hall–Kier alpha value is -2.90. The molecule has 0 radical (unpaired) electrons. The maximum atomic E-state index is 12.6. The fourth-order valence-electron chi connectivity index (χ4n) is 4.27. The third-order valence-electron chi connectivity index (χ3n) is 6.10. The van der Waals surface area contributed by atoms with Crippen molar-refractivity contribution in [2.75, 3.05) is 19.6 Å². The smallest absolute Gasteiger partial charge is 0.241 e. The number of likely N-dealkylation sites (tertiary alicyclic amines) is 1. The number of aromatic nitrogens is 2. The molecule has 0 unspecified atom stereocenters. The Bertz CT molecular complexity index is 1090. The van der Waals surface area contributed by atoms with E-state index in [1.165, 1.54) is 5.56 Å².